The lowest BCUT2D eigenvalue weighted by molar-refractivity contribution is 0.163. The Hall–Kier alpha value is -1.23. The highest BCUT2D eigenvalue weighted by Crippen LogP contribution is 2.31. The molecule has 0 bridgehead atoms. The van der Waals surface area contributed by atoms with E-state index in [1.807, 2.05) is 0 Å². The molecule has 0 aliphatic heterocycles. The SMILES string of the molecule is C=CCSc1cc(C(O)C(N)C=C)ccc1O. The summed E-state index contributed by atoms with van der Waals surface area (Å²) < 4.78 is 0. The molecule has 0 fully saturated rings. The number of benzene rings is 1. The second kappa shape index (κ2) is 6.49. The molecule has 2 unspecified atom stereocenters. The Kier molecular flexibility index (Phi) is 5.28. The Morgan fingerprint density at radius 1 is 1.41 bits per heavy atom. The fourth-order valence-corrected chi connectivity index (χ4v) is 2.06. The van der Waals surface area contributed by atoms with Crippen LogP contribution in [0.1, 0.15) is 11.7 Å². The molecular formula is C13H17NO2S. The third-order valence-electron chi connectivity index (χ3n) is 2.32. The van der Waals surface area contributed by atoms with Crippen LogP contribution in [0, 0.1) is 0 Å². The normalized spacial score (nSPS) is 14.0. The largest absolute Gasteiger partial charge is 0.507 e. The number of nitrogens with two attached hydrogens (primary N) is 1. The Balaban J connectivity index is 2.94. The van der Waals surface area contributed by atoms with Crippen LogP contribution in [0.3, 0.4) is 0 Å². The molecule has 1 aromatic rings. The molecular weight excluding hydrogens is 234 g/mol. The lowest BCUT2D eigenvalue weighted by atomic mass is 10.0. The zero-order valence-corrected chi connectivity index (χ0v) is 10.4. The summed E-state index contributed by atoms with van der Waals surface area (Å²) in [6, 6.07) is 4.43. The van der Waals surface area contributed by atoms with Crippen molar-refractivity contribution in [1.82, 2.24) is 0 Å². The molecule has 0 spiro atoms. The van der Waals surface area contributed by atoms with Crippen molar-refractivity contribution in [2.24, 2.45) is 5.73 Å². The number of aliphatic hydroxyl groups excluding tert-OH is 1. The molecule has 0 amide bonds. The first kappa shape index (κ1) is 13.8. The van der Waals surface area contributed by atoms with Gasteiger partial charge in [-0.2, -0.15) is 0 Å². The highest BCUT2D eigenvalue weighted by Gasteiger charge is 2.15. The molecule has 0 radical (unpaired) electrons. The monoisotopic (exact) mass is 251 g/mol. The van der Waals surface area contributed by atoms with Crippen molar-refractivity contribution in [1.29, 1.82) is 0 Å². The van der Waals surface area contributed by atoms with Gasteiger partial charge in [0, 0.05) is 10.6 Å². The van der Waals surface area contributed by atoms with E-state index in [1.165, 1.54) is 17.8 Å². The molecule has 3 nitrogen and oxygen atoms in total. The van der Waals surface area contributed by atoms with Gasteiger partial charge in [-0.05, 0) is 17.7 Å². The lowest BCUT2D eigenvalue weighted by Gasteiger charge is -2.16. The van der Waals surface area contributed by atoms with Crippen molar-refractivity contribution in [2.75, 3.05) is 5.75 Å². The minimum atomic E-state index is -0.809. The number of hydrogen-bond acceptors (Lipinski definition) is 4. The third kappa shape index (κ3) is 3.63. The van der Waals surface area contributed by atoms with Gasteiger partial charge >= 0.3 is 0 Å². The van der Waals surface area contributed by atoms with Crippen LogP contribution >= 0.6 is 11.8 Å². The quantitative estimate of drug-likeness (QED) is 0.536. The zero-order valence-electron chi connectivity index (χ0n) is 9.54. The number of aliphatic hydroxyl groups is 1. The van der Waals surface area contributed by atoms with Gasteiger partial charge in [0.1, 0.15) is 5.75 Å². The molecule has 1 rings (SSSR count). The third-order valence-corrected chi connectivity index (χ3v) is 3.36. The number of aromatic hydroxyl groups is 1. The van der Waals surface area contributed by atoms with E-state index in [0.717, 1.165) is 0 Å². The van der Waals surface area contributed by atoms with E-state index in [1.54, 1.807) is 24.3 Å². The van der Waals surface area contributed by atoms with Crippen LogP contribution in [-0.4, -0.2) is 22.0 Å². The molecule has 92 valence electrons. The van der Waals surface area contributed by atoms with Crippen molar-refractivity contribution in [3.8, 4) is 5.75 Å². The summed E-state index contributed by atoms with van der Waals surface area (Å²) in [5.41, 5.74) is 6.35. The highest BCUT2D eigenvalue weighted by atomic mass is 32.2. The van der Waals surface area contributed by atoms with Crippen molar-refractivity contribution in [2.45, 2.75) is 17.0 Å². The fourth-order valence-electron chi connectivity index (χ4n) is 1.33. The fraction of sp³-hybridized carbons (Fsp3) is 0.231. The number of rotatable bonds is 6. The van der Waals surface area contributed by atoms with Crippen LogP contribution in [0.15, 0.2) is 48.4 Å². The van der Waals surface area contributed by atoms with Gasteiger partial charge in [0.2, 0.25) is 0 Å². The standard InChI is InChI=1S/C13H17NO2S/c1-3-7-17-12-8-9(5-6-11(12)15)13(16)10(14)4-2/h3-6,8,10,13,15-16H,1-2,7,14H2. The van der Waals surface area contributed by atoms with Crippen molar-refractivity contribution >= 4 is 11.8 Å². The van der Waals surface area contributed by atoms with Crippen LogP contribution < -0.4 is 5.73 Å². The predicted molar refractivity (Wildman–Crippen MR) is 72.2 cm³/mol. The van der Waals surface area contributed by atoms with Gasteiger partial charge in [-0.3, -0.25) is 0 Å². The summed E-state index contributed by atoms with van der Waals surface area (Å²) in [5, 5.41) is 19.6. The van der Waals surface area contributed by atoms with Crippen LogP contribution in [0.2, 0.25) is 0 Å². The first-order chi connectivity index (χ1) is 8.10. The van der Waals surface area contributed by atoms with Gasteiger partial charge in [0.15, 0.2) is 0 Å². The summed E-state index contributed by atoms with van der Waals surface area (Å²) in [4.78, 5) is 0.706. The van der Waals surface area contributed by atoms with E-state index in [-0.39, 0.29) is 5.75 Å². The Morgan fingerprint density at radius 3 is 2.71 bits per heavy atom. The zero-order chi connectivity index (χ0) is 12.8. The molecule has 0 aliphatic carbocycles. The van der Waals surface area contributed by atoms with E-state index in [4.69, 9.17) is 5.73 Å². The molecule has 17 heavy (non-hydrogen) atoms. The van der Waals surface area contributed by atoms with Crippen LogP contribution in [0.4, 0.5) is 0 Å². The minimum absolute atomic E-state index is 0.194. The minimum Gasteiger partial charge on any atom is -0.507 e. The van der Waals surface area contributed by atoms with E-state index >= 15 is 0 Å². The van der Waals surface area contributed by atoms with Gasteiger partial charge < -0.3 is 15.9 Å². The van der Waals surface area contributed by atoms with E-state index in [9.17, 15) is 10.2 Å². The molecule has 0 saturated carbocycles. The van der Waals surface area contributed by atoms with Crippen molar-refractivity contribution in [3.05, 3.63) is 49.1 Å². The van der Waals surface area contributed by atoms with E-state index in [0.29, 0.717) is 16.2 Å². The Labute approximate surface area is 106 Å². The molecule has 4 heteroatoms. The lowest BCUT2D eigenvalue weighted by Crippen LogP contribution is -2.25. The number of phenols is 1. The summed E-state index contributed by atoms with van der Waals surface area (Å²) in [5.74, 6) is 0.889. The summed E-state index contributed by atoms with van der Waals surface area (Å²) in [7, 11) is 0. The molecule has 0 aliphatic rings. The summed E-state index contributed by atoms with van der Waals surface area (Å²) in [6.07, 6.45) is 2.44. The second-order valence-electron chi connectivity index (χ2n) is 3.58. The number of hydrogen-bond donors (Lipinski definition) is 3. The first-order valence-electron chi connectivity index (χ1n) is 5.23. The average Bonchev–Trinajstić information content (AvgIpc) is 2.36. The Morgan fingerprint density at radius 2 is 2.12 bits per heavy atom. The molecule has 0 aromatic heterocycles. The molecule has 1 aromatic carbocycles. The Bertz CT molecular complexity index is 406. The van der Waals surface area contributed by atoms with Crippen molar-refractivity contribution < 1.29 is 10.2 Å². The smallest absolute Gasteiger partial charge is 0.129 e. The average molecular weight is 251 g/mol. The van der Waals surface area contributed by atoms with Gasteiger partial charge in [-0.1, -0.05) is 18.2 Å². The number of phenolic OH excluding ortho intramolecular Hbond substituents is 1. The highest BCUT2D eigenvalue weighted by molar-refractivity contribution is 7.99. The molecule has 2 atom stereocenters. The van der Waals surface area contributed by atoms with Gasteiger partial charge in [0.05, 0.1) is 12.1 Å². The van der Waals surface area contributed by atoms with Gasteiger partial charge in [0.25, 0.3) is 0 Å². The molecule has 0 saturated heterocycles. The maximum Gasteiger partial charge on any atom is 0.129 e. The van der Waals surface area contributed by atoms with Crippen LogP contribution in [0.25, 0.3) is 0 Å². The predicted octanol–water partition coefficient (Wildman–Crippen LogP) is 2.22. The summed E-state index contributed by atoms with van der Waals surface area (Å²) >= 11 is 1.45. The van der Waals surface area contributed by atoms with Crippen LogP contribution in [-0.2, 0) is 0 Å². The second-order valence-corrected chi connectivity index (χ2v) is 4.65. The topological polar surface area (TPSA) is 66.5 Å². The van der Waals surface area contributed by atoms with Crippen LogP contribution in [0.5, 0.6) is 5.75 Å². The maximum absolute atomic E-state index is 9.92. The molecule has 4 N–H and O–H groups in total. The van der Waals surface area contributed by atoms with Gasteiger partial charge in [-0.15, -0.1) is 24.9 Å². The van der Waals surface area contributed by atoms with Crippen molar-refractivity contribution in [3.63, 3.8) is 0 Å². The van der Waals surface area contributed by atoms with Gasteiger partial charge in [-0.25, -0.2) is 0 Å². The first-order valence-corrected chi connectivity index (χ1v) is 6.21. The van der Waals surface area contributed by atoms with E-state index < -0.39 is 12.1 Å². The number of thioether (sulfide) groups is 1. The van der Waals surface area contributed by atoms with E-state index in [2.05, 4.69) is 13.2 Å². The molecule has 0 heterocycles. The maximum atomic E-state index is 9.92. The summed E-state index contributed by atoms with van der Waals surface area (Å²) in [6.45, 7) is 7.16.